The fourth-order valence-electron chi connectivity index (χ4n) is 1.32. The minimum absolute atomic E-state index is 0.152. The number of rotatable bonds is 1. The Morgan fingerprint density at radius 1 is 1.44 bits per heavy atom. The Balaban J connectivity index is 0.000000771. The first-order chi connectivity index (χ1) is 8.65. The van der Waals surface area contributed by atoms with Crippen LogP contribution < -0.4 is 0 Å². The van der Waals surface area contributed by atoms with Crippen LogP contribution in [0.5, 0.6) is 5.75 Å². The summed E-state index contributed by atoms with van der Waals surface area (Å²) in [5, 5.41) is 10.5. The zero-order valence-corrected chi connectivity index (χ0v) is 11.9. The fourth-order valence-corrected chi connectivity index (χ4v) is 1.82. The van der Waals surface area contributed by atoms with Crippen LogP contribution in [0.1, 0.15) is 24.3 Å². The highest BCUT2D eigenvalue weighted by Gasteiger charge is 2.19. The maximum atomic E-state index is 11.3. The van der Waals surface area contributed by atoms with Crippen LogP contribution in [-0.4, -0.2) is 28.2 Å². The first-order valence-corrected chi connectivity index (χ1v) is 6.16. The normalized spacial score (nSPS) is 9.56. The van der Waals surface area contributed by atoms with Gasteiger partial charge in [-0.25, -0.2) is 9.78 Å². The van der Waals surface area contributed by atoms with Crippen LogP contribution in [0.25, 0.3) is 10.9 Å². The summed E-state index contributed by atoms with van der Waals surface area (Å²) in [4.78, 5) is 19.3. The maximum Gasteiger partial charge on any atom is 0.360 e. The van der Waals surface area contributed by atoms with E-state index in [9.17, 15) is 9.90 Å². The molecule has 0 radical (unpaired) electrons. The number of carbonyl (C=O) groups is 1. The second-order valence-corrected chi connectivity index (χ2v) is 3.74. The molecule has 5 nitrogen and oxygen atoms in total. The lowest BCUT2D eigenvalue weighted by Crippen LogP contribution is -2.05. The van der Waals surface area contributed by atoms with E-state index in [0.717, 1.165) is 0 Å². The minimum atomic E-state index is -0.703. The summed E-state index contributed by atoms with van der Waals surface area (Å²) in [6, 6.07) is 3.45. The molecule has 2 aromatic heterocycles. The van der Waals surface area contributed by atoms with Gasteiger partial charge in [0.25, 0.3) is 0 Å². The van der Waals surface area contributed by atoms with Gasteiger partial charge in [-0.1, -0.05) is 13.8 Å². The van der Waals surface area contributed by atoms with E-state index in [1.807, 2.05) is 13.8 Å². The number of aromatic nitrogens is 2. The van der Waals surface area contributed by atoms with E-state index in [1.54, 1.807) is 12.1 Å². The Morgan fingerprint density at radius 2 is 2.11 bits per heavy atom. The van der Waals surface area contributed by atoms with Crippen LogP contribution in [0, 0.1) is 0 Å². The molecule has 0 spiro atoms. The van der Waals surface area contributed by atoms with E-state index >= 15 is 0 Å². The topological polar surface area (TPSA) is 72.3 Å². The minimum Gasteiger partial charge on any atom is -0.504 e. The molecule has 18 heavy (non-hydrogen) atoms. The summed E-state index contributed by atoms with van der Waals surface area (Å²) >= 11 is 3.21. The average molecular weight is 313 g/mol. The summed E-state index contributed by atoms with van der Waals surface area (Å²) < 4.78 is 4.95. The zero-order valence-electron chi connectivity index (χ0n) is 10.3. The SMILES string of the molecule is CC.COC(=O)c1nc(Br)c2cccnc2c1O. The maximum absolute atomic E-state index is 11.3. The first kappa shape index (κ1) is 14.4. The van der Waals surface area contributed by atoms with Crippen LogP contribution in [0.2, 0.25) is 0 Å². The highest BCUT2D eigenvalue weighted by Crippen LogP contribution is 2.30. The van der Waals surface area contributed by atoms with Crippen LogP contribution >= 0.6 is 15.9 Å². The third-order valence-corrected chi connectivity index (χ3v) is 2.67. The molecular formula is C12H13BrN2O3. The summed E-state index contributed by atoms with van der Waals surface area (Å²) in [5.74, 6) is -0.976. The quantitative estimate of drug-likeness (QED) is 0.647. The van der Waals surface area contributed by atoms with Crippen molar-refractivity contribution >= 4 is 32.8 Å². The molecule has 0 saturated carbocycles. The number of esters is 1. The van der Waals surface area contributed by atoms with Gasteiger partial charge in [-0.2, -0.15) is 0 Å². The number of aromatic hydroxyl groups is 1. The Bertz CT molecular complexity index is 572. The molecule has 0 amide bonds. The van der Waals surface area contributed by atoms with Crippen molar-refractivity contribution in [2.75, 3.05) is 7.11 Å². The smallest absolute Gasteiger partial charge is 0.360 e. The van der Waals surface area contributed by atoms with Crippen LogP contribution in [0.4, 0.5) is 0 Å². The second kappa shape index (κ2) is 6.30. The molecular weight excluding hydrogens is 300 g/mol. The van der Waals surface area contributed by atoms with E-state index in [2.05, 4.69) is 30.6 Å². The predicted octanol–water partition coefficient (Wildman–Crippen LogP) is 2.91. The van der Waals surface area contributed by atoms with E-state index < -0.39 is 5.97 Å². The Hall–Kier alpha value is -1.69. The Kier molecular flexibility index (Phi) is 5.03. The number of ether oxygens (including phenoxy) is 1. The van der Waals surface area contributed by atoms with Crippen LogP contribution in [0.15, 0.2) is 22.9 Å². The molecule has 96 valence electrons. The number of fused-ring (bicyclic) bond motifs is 1. The standard InChI is InChI=1S/C10H7BrN2O3.C2H6/c1-16-10(15)7-8(14)6-5(9(11)13-7)3-2-4-12-6;1-2/h2-4,14H,1H3;1-2H3. The zero-order chi connectivity index (χ0) is 13.7. The van der Waals surface area contributed by atoms with Gasteiger partial charge < -0.3 is 9.84 Å². The molecule has 0 aliphatic heterocycles. The number of pyridine rings is 2. The van der Waals surface area contributed by atoms with Gasteiger partial charge in [-0.15, -0.1) is 0 Å². The number of nitrogens with zero attached hydrogens (tertiary/aromatic N) is 2. The molecule has 0 atom stereocenters. The van der Waals surface area contributed by atoms with Gasteiger partial charge in [0.1, 0.15) is 10.1 Å². The van der Waals surface area contributed by atoms with E-state index in [1.165, 1.54) is 13.3 Å². The van der Waals surface area contributed by atoms with Gasteiger partial charge >= 0.3 is 5.97 Å². The summed E-state index contributed by atoms with van der Waals surface area (Å²) in [7, 11) is 1.22. The van der Waals surface area contributed by atoms with Crippen molar-refractivity contribution in [3.8, 4) is 5.75 Å². The molecule has 6 heteroatoms. The third kappa shape index (κ3) is 2.59. The molecule has 2 heterocycles. The number of hydrogen-bond donors (Lipinski definition) is 1. The van der Waals surface area contributed by atoms with Gasteiger partial charge in [0, 0.05) is 11.6 Å². The van der Waals surface area contributed by atoms with Crippen LogP contribution in [0.3, 0.4) is 0 Å². The summed E-state index contributed by atoms with van der Waals surface area (Å²) in [6.45, 7) is 4.00. The molecule has 1 N–H and O–H groups in total. The first-order valence-electron chi connectivity index (χ1n) is 5.36. The molecule has 0 aliphatic rings. The lowest BCUT2D eigenvalue weighted by atomic mass is 10.2. The van der Waals surface area contributed by atoms with Crippen LogP contribution in [-0.2, 0) is 4.74 Å². The van der Waals surface area contributed by atoms with Gasteiger partial charge in [-0.3, -0.25) is 4.98 Å². The summed E-state index contributed by atoms with van der Waals surface area (Å²) in [6.07, 6.45) is 1.52. The van der Waals surface area contributed by atoms with Crippen molar-refractivity contribution in [1.82, 2.24) is 9.97 Å². The van der Waals surface area contributed by atoms with E-state index in [4.69, 9.17) is 0 Å². The number of hydrogen-bond acceptors (Lipinski definition) is 5. The highest BCUT2D eigenvalue weighted by molar-refractivity contribution is 9.10. The van der Waals surface area contributed by atoms with Gasteiger partial charge in [-0.05, 0) is 28.1 Å². The van der Waals surface area contributed by atoms with Crippen molar-refractivity contribution in [2.45, 2.75) is 13.8 Å². The van der Waals surface area contributed by atoms with Gasteiger partial charge in [0.05, 0.1) is 7.11 Å². The van der Waals surface area contributed by atoms with Crippen molar-refractivity contribution in [1.29, 1.82) is 0 Å². The highest BCUT2D eigenvalue weighted by atomic mass is 79.9. The Labute approximate surface area is 113 Å². The lowest BCUT2D eigenvalue weighted by Gasteiger charge is -2.06. The van der Waals surface area contributed by atoms with Gasteiger partial charge in [0.15, 0.2) is 11.4 Å². The molecule has 0 fully saturated rings. The molecule has 0 saturated heterocycles. The third-order valence-electron chi connectivity index (χ3n) is 2.07. The van der Waals surface area contributed by atoms with Crippen molar-refractivity contribution < 1.29 is 14.6 Å². The lowest BCUT2D eigenvalue weighted by molar-refractivity contribution is 0.0590. The number of carbonyl (C=O) groups excluding carboxylic acids is 1. The predicted molar refractivity (Wildman–Crippen MR) is 71.6 cm³/mol. The molecule has 0 unspecified atom stereocenters. The average Bonchev–Trinajstić information content (AvgIpc) is 2.44. The van der Waals surface area contributed by atoms with Crippen molar-refractivity contribution in [3.63, 3.8) is 0 Å². The molecule has 2 aromatic rings. The monoisotopic (exact) mass is 312 g/mol. The number of methoxy groups -OCH3 is 1. The van der Waals surface area contributed by atoms with E-state index in [-0.39, 0.29) is 11.4 Å². The van der Waals surface area contributed by atoms with Crippen molar-refractivity contribution in [2.24, 2.45) is 0 Å². The van der Waals surface area contributed by atoms with Gasteiger partial charge in [0.2, 0.25) is 0 Å². The largest absolute Gasteiger partial charge is 0.504 e. The molecule has 0 aliphatic carbocycles. The second-order valence-electron chi connectivity index (χ2n) is 2.99. The summed E-state index contributed by atoms with van der Waals surface area (Å²) in [5.41, 5.74) is 0.158. The van der Waals surface area contributed by atoms with E-state index in [0.29, 0.717) is 15.5 Å². The Morgan fingerprint density at radius 3 is 2.72 bits per heavy atom. The molecule has 0 bridgehead atoms. The van der Waals surface area contributed by atoms with Crippen molar-refractivity contribution in [3.05, 3.63) is 28.6 Å². The molecule has 0 aromatic carbocycles. The number of halogens is 1. The molecule has 2 rings (SSSR count). The fraction of sp³-hybridized carbons (Fsp3) is 0.250.